The molecule has 0 saturated carbocycles. The lowest BCUT2D eigenvalue weighted by Crippen LogP contribution is -1.70. The first-order valence-corrected chi connectivity index (χ1v) is 4.94. The van der Waals surface area contributed by atoms with Crippen molar-refractivity contribution in [3.63, 3.8) is 0 Å². The van der Waals surface area contributed by atoms with Crippen LogP contribution in [0.25, 0.3) is 0 Å². The summed E-state index contributed by atoms with van der Waals surface area (Å²) in [5.41, 5.74) is 0. The highest BCUT2D eigenvalue weighted by molar-refractivity contribution is 6.34. The van der Waals surface area contributed by atoms with E-state index in [0.29, 0.717) is 20.4 Å². The van der Waals surface area contributed by atoms with E-state index in [1.54, 1.807) is 0 Å². The molecule has 0 aliphatic rings. The van der Waals surface area contributed by atoms with Gasteiger partial charge in [-0.2, -0.15) is 5.05 Å². The molecule has 1 heteroatoms. The summed E-state index contributed by atoms with van der Waals surface area (Å²) in [5, 5.41) is 2.32. The van der Waals surface area contributed by atoms with Gasteiger partial charge in [0, 0.05) is 0 Å². The molecule has 0 atom stereocenters. The predicted octanol–water partition coefficient (Wildman–Crippen LogP) is 1.73. The van der Waals surface area contributed by atoms with Crippen molar-refractivity contribution in [3.05, 3.63) is 12.2 Å². The lowest BCUT2D eigenvalue weighted by atomic mass is 10.6. The van der Waals surface area contributed by atoms with Gasteiger partial charge in [0.05, 0.1) is 0 Å². The second-order valence-electron chi connectivity index (χ2n) is 1.36. The van der Waals surface area contributed by atoms with E-state index in [9.17, 15) is 0 Å². The van der Waals surface area contributed by atoms with E-state index >= 15 is 0 Å². The monoisotopic (exact) mass is 94.1 g/mol. The van der Waals surface area contributed by atoms with Crippen molar-refractivity contribution < 1.29 is 0 Å². The molecule has 0 unspecified atom stereocenters. The summed E-state index contributed by atoms with van der Waals surface area (Å²) in [5.74, 6) is 0. The van der Waals surface area contributed by atoms with Crippen molar-refractivity contribution in [1.82, 2.24) is 0 Å². The maximum absolute atomic E-state index is 2.32. The summed E-state index contributed by atoms with van der Waals surface area (Å²) in [6.45, 7) is 2.07. The fourth-order valence-corrected chi connectivity index (χ4v) is 1.00. The largest absolute Gasteiger partial charge is 0.365 e. The molecule has 0 fully saturated rings. The first-order valence-electron chi connectivity index (χ1n) is 2.53. The normalized spacial score (nSPS) is 9.00. The van der Waals surface area contributed by atoms with Crippen molar-refractivity contribution in [1.29, 1.82) is 0 Å². The molecule has 0 saturated heterocycles. The Balaban J connectivity index is 2.66. The zero-order valence-corrected chi connectivity index (χ0v) is 5.98. The summed E-state index contributed by atoms with van der Waals surface area (Å²) in [6, 6.07) is 0. The van der Waals surface area contributed by atoms with Crippen LogP contribution in [-0.2, 0) is 0 Å². The van der Waals surface area contributed by atoms with Gasteiger partial charge in [-0.05, 0) is 6.92 Å². The zero-order valence-electron chi connectivity index (χ0n) is 4.57. The van der Waals surface area contributed by atoms with Crippen molar-refractivity contribution in [3.8, 4) is 0 Å². The van der Waals surface area contributed by atoms with Gasteiger partial charge >= 0.3 is 20.4 Å². The minimum absolute atomic E-state index is 0.316. The molecule has 6 heavy (non-hydrogen) atoms. The number of hydrogen-bond acceptors (Lipinski definition) is 0. The van der Waals surface area contributed by atoms with Crippen LogP contribution in [-0.4, -0.2) is 20.4 Å². The molecule has 0 heterocycles. The Bertz CT molecular complexity index is 39.2. The predicted molar refractivity (Wildman–Crippen MR) is 31.2 cm³/mol. The van der Waals surface area contributed by atoms with Crippen molar-refractivity contribution >= 4 is 20.4 Å². The van der Waals surface area contributed by atoms with Crippen molar-refractivity contribution in [2.24, 2.45) is 0 Å². The average Bonchev–Trinajstić information content (AvgIpc) is 1.61. The Morgan fingerprint density at radius 2 is 2.33 bits per heavy atom. The van der Waals surface area contributed by atoms with Gasteiger partial charge in [0.2, 0.25) is 0 Å². The Morgan fingerprint density at radius 1 is 1.67 bits per heavy atom. The molecule has 0 aliphatic carbocycles. The van der Waals surface area contributed by atoms with Crippen LogP contribution in [0.4, 0.5) is 0 Å². The van der Waals surface area contributed by atoms with Crippen LogP contribution in [0, 0.1) is 0 Å². The third-order valence-electron chi connectivity index (χ3n) is 0.691. The number of hydrogen-bond donors (Lipinski definition) is 0. The van der Waals surface area contributed by atoms with Crippen LogP contribution in [0.5, 0.6) is 0 Å². The van der Waals surface area contributed by atoms with Gasteiger partial charge in [0.15, 0.2) is 0 Å². The highest BCUT2D eigenvalue weighted by Crippen LogP contribution is 1.77. The maximum Gasteiger partial charge on any atom is 0.365 e. The summed E-state index contributed by atoms with van der Waals surface area (Å²) in [7, 11) is 0. The van der Waals surface area contributed by atoms with Crippen LogP contribution >= 0.6 is 0 Å². The highest BCUT2D eigenvalue weighted by Gasteiger charge is 1.74. The minimum Gasteiger partial charge on any atom is -0.157 e. The Labute approximate surface area is 49.4 Å². The van der Waals surface area contributed by atoms with E-state index in [-0.39, 0.29) is 0 Å². The van der Waals surface area contributed by atoms with E-state index in [1.165, 1.54) is 4.55 Å². The standard InChI is InChI=1S/C4H7.CH3.Mg/c1-3-4-2;;/h3-4H,1H2,2H3;1H3;/b4-3+;;. The molecule has 0 nitrogen and oxygen atoms in total. The molecule has 32 valence electrons. The summed E-state index contributed by atoms with van der Waals surface area (Å²) < 4.78 is 1.37. The molecule has 0 rings (SSSR count). The summed E-state index contributed by atoms with van der Waals surface area (Å²) in [4.78, 5) is 0. The van der Waals surface area contributed by atoms with Gasteiger partial charge < -0.3 is 0 Å². The van der Waals surface area contributed by atoms with E-state index in [1.807, 2.05) is 0 Å². The third kappa shape index (κ3) is 4.51. The fraction of sp³-hybridized carbons (Fsp3) is 0.600. The third-order valence-corrected chi connectivity index (χ3v) is 1.60. The average molecular weight is 94.4 g/mol. The van der Waals surface area contributed by atoms with Crippen LogP contribution < -0.4 is 0 Å². The van der Waals surface area contributed by atoms with E-state index < -0.39 is 0 Å². The SMILES string of the molecule is C/C=C/[CH2][Mg][CH3]. The second kappa shape index (κ2) is 5.51. The summed E-state index contributed by atoms with van der Waals surface area (Å²) >= 11 is 0.316. The molecule has 0 bridgehead atoms. The van der Waals surface area contributed by atoms with Crippen molar-refractivity contribution in [2.75, 3.05) is 0 Å². The quantitative estimate of drug-likeness (QED) is 0.361. The number of rotatable bonds is 2. The van der Waals surface area contributed by atoms with Gasteiger partial charge in [0.1, 0.15) is 0 Å². The van der Waals surface area contributed by atoms with Gasteiger partial charge in [-0.25, -0.2) is 0 Å². The van der Waals surface area contributed by atoms with Gasteiger partial charge in [-0.1, -0.05) is 6.08 Å². The van der Waals surface area contributed by atoms with Crippen molar-refractivity contribution in [2.45, 2.75) is 16.5 Å². The van der Waals surface area contributed by atoms with Crippen LogP contribution in [0.2, 0.25) is 9.60 Å². The summed E-state index contributed by atoms with van der Waals surface area (Å²) in [6.07, 6.45) is 4.36. The first kappa shape index (κ1) is 6.51. The minimum atomic E-state index is 0.316. The van der Waals surface area contributed by atoms with Crippen LogP contribution in [0.3, 0.4) is 0 Å². The Hall–Kier alpha value is 0.506. The smallest absolute Gasteiger partial charge is 0.157 e. The zero-order chi connectivity index (χ0) is 4.83. The molecule has 0 radical (unpaired) electrons. The molecule has 0 aromatic rings. The molecule has 0 amide bonds. The molecular formula is C5H10Mg. The van der Waals surface area contributed by atoms with E-state index in [0.717, 1.165) is 0 Å². The Kier molecular flexibility index (Phi) is 5.97. The lowest BCUT2D eigenvalue weighted by molar-refractivity contribution is 1.60. The molecular weight excluding hydrogens is 84.4 g/mol. The van der Waals surface area contributed by atoms with E-state index in [2.05, 4.69) is 24.1 Å². The molecule has 0 aliphatic heterocycles. The lowest BCUT2D eigenvalue weighted by Gasteiger charge is -1.72. The molecule has 0 spiro atoms. The second-order valence-corrected chi connectivity index (χ2v) is 2.94. The molecule has 0 N–H and O–H groups in total. The van der Waals surface area contributed by atoms with E-state index in [4.69, 9.17) is 0 Å². The maximum atomic E-state index is 2.32. The topological polar surface area (TPSA) is 0 Å². The van der Waals surface area contributed by atoms with Gasteiger partial charge in [-0.15, -0.1) is 10.6 Å². The Morgan fingerprint density at radius 3 is 2.50 bits per heavy atom. The fourth-order valence-electron chi connectivity index (χ4n) is 0.333. The molecule has 0 aromatic carbocycles. The van der Waals surface area contributed by atoms with Crippen LogP contribution in [0.15, 0.2) is 12.2 Å². The van der Waals surface area contributed by atoms with Crippen LogP contribution in [0.1, 0.15) is 6.92 Å². The molecule has 0 aromatic heterocycles. The number of allylic oxidation sites excluding steroid dienone is 2. The van der Waals surface area contributed by atoms with Gasteiger partial charge in [0.25, 0.3) is 0 Å². The highest BCUT2D eigenvalue weighted by atomic mass is 24.5. The van der Waals surface area contributed by atoms with Gasteiger partial charge in [-0.3, -0.25) is 0 Å². The first-order chi connectivity index (χ1) is 2.91.